The Kier molecular flexibility index (Phi) is 4.57. The molecule has 1 aromatic heterocycles. The van der Waals surface area contributed by atoms with Crippen LogP contribution in [-0.2, 0) is 6.42 Å². The standard InChI is InChI=1S/C13H20N2OS/c1-2-11-6-7-12(17-11)13(16)15-10-5-3-4-8-14-9-10/h6-7,10,14H,2-5,8-9H2,1H3,(H,15,16). The number of amides is 1. The zero-order chi connectivity index (χ0) is 12.1. The first-order valence-corrected chi connectivity index (χ1v) is 7.21. The zero-order valence-corrected chi connectivity index (χ0v) is 11.1. The fourth-order valence-electron chi connectivity index (χ4n) is 2.09. The molecule has 1 aliphatic heterocycles. The van der Waals surface area contributed by atoms with E-state index >= 15 is 0 Å². The Balaban J connectivity index is 1.91. The molecule has 0 saturated carbocycles. The Labute approximate surface area is 107 Å². The molecule has 2 heterocycles. The van der Waals surface area contributed by atoms with Crippen molar-refractivity contribution in [2.75, 3.05) is 13.1 Å². The Morgan fingerprint density at radius 1 is 1.53 bits per heavy atom. The molecule has 2 N–H and O–H groups in total. The summed E-state index contributed by atoms with van der Waals surface area (Å²) in [6.45, 7) is 4.09. The summed E-state index contributed by atoms with van der Waals surface area (Å²) in [6.07, 6.45) is 4.50. The van der Waals surface area contributed by atoms with Gasteiger partial charge in [0.15, 0.2) is 0 Å². The summed E-state index contributed by atoms with van der Waals surface area (Å²) in [4.78, 5) is 14.1. The normalized spacial score (nSPS) is 20.9. The maximum Gasteiger partial charge on any atom is 0.261 e. The predicted molar refractivity (Wildman–Crippen MR) is 71.7 cm³/mol. The van der Waals surface area contributed by atoms with E-state index in [1.54, 1.807) is 11.3 Å². The number of thiophene rings is 1. The summed E-state index contributed by atoms with van der Waals surface area (Å²) in [6, 6.07) is 4.27. The van der Waals surface area contributed by atoms with Crippen LogP contribution in [0.3, 0.4) is 0 Å². The average Bonchev–Trinajstić information content (AvgIpc) is 2.68. The molecule has 1 atom stereocenters. The van der Waals surface area contributed by atoms with Crippen molar-refractivity contribution in [1.29, 1.82) is 0 Å². The van der Waals surface area contributed by atoms with E-state index in [1.807, 2.05) is 12.1 Å². The summed E-state index contributed by atoms with van der Waals surface area (Å²) in [5.41, 5.74) is 0. The molecule has 94 valence electrons. The molecule has 1 unspecified atom stereocenters. The maximum atomic E-state index is 12.0. The van der Waals surface area contributed by atoms with Crippen molar-refractivity contribution in [1.82, 2.24) is 10.6 Å². The van der Waals surface area contributed by atoms with Crippen LogP contribution in [0.4, 0.5) is 0 Å². The zero-order valence-electron chi connectivity index (χ0n) is 10.3. The van der Waals surface area contributed by atoms with E-state index in [1.165, 1.54) is 17.7 Å². The van der Waals surface area contributed by atoms with E-state index < -0.39 is 0 Å². The highest BCUT2D eigenvalue weighted by atomic mass is 32.1. The lowest BCUT2D eigenvalue weighted by Crippen LogP contribution is -2.40. The van der Waals surface area contributed by atoms with Crippen molar-refractivity contribution in [3.05, 3.63) is 21.9 Å². The molecular weight excluding hydrogens is 232 g/mol. The van der Waals surface area contributed by atoms with Gasteiger partial charge in [-0.25, -0.2) is 0 Å². The second-order valence-electron chi connectivity index (χ2n) is 4.49. The SMILES string of the molecule is CCc1ccc(C(=O)NC2CCCCNC2)s1. The van der Waals surface area contributed by atoms with E-state index in [-0.39, 0.29) is 11.9 Å². The molecule has 0 spiro atoms. The molecule has 1 amide bonds. The first-order valence-electron chi connectivity index (χ1n) is 6.40. The van der Waals surface area contributed by atoms with Crippen LogP contribution < -0.4 is 10.6 Å². The molecule has 0 bridgehead atoms. The van der Waals surface area contributed by atoms with Gasteiger partial charge in [0, 0.05) is 17.5 Å². The summed E-state index contributed by atoms with van der Waals surface area (Å²) >= 11 is 1.60. The third kappa shape index (κ3) is 3.54. The van der Waals surface area contributed by atoms with Gasteiger partial charge in [0.25, 0.3) is 5.91 Å². The van der Waals surface area contributed by atoms with Crippen molar-refractivity contribution in [2.24, 2.45) is 0 Å². The number of carbonyl (C=O) groups is 1. The highest BCUT2D eigenvalue weighted by Gasteiger charge is 2.16. The van der Waals surface area contributed by atoms with Gasteiger partial charge in [-0.3, -0.25) is 4.79 Å². The first kappa shape index (κ1) is 12.6. The monoisotopic (exact) mass is 252 g/mol. The molecule has 17 heavy (non-hydrogen) atoms. The van der Waals surface area contributed by atoms with Crippen LogP contribution in [0.15, 0.2) is 12.1 Å². The molecule has 2 rings (SSSR count). The van der Waals surface area contributed by atoms with Crippen LogP contribution in [0.5, 0.6) is 0 Å². The number of hydrogen-bond acceptors (Lipinski definition) is 3. The molecule has 4 heteroatoms. The quantitative estimate of drug-likeness (QED) is 0.865. The van der Waals surface area contributed by atoms with E-state index in [2.05, 4.69) is 17.6 Å². The minimum absolute atomic E-state index is 0.0865. The van der Waals surface area contributed by atoms with E-state index in [0.29, 0.717) is 0 Å². The van der Waals surface area contributed by atoms with Crippen molar-refractivity contribution in [2.45, 2.75) is 38.6 Å². The van der Waals surface area contributed by atoms with Gasteiger partial charge in [0.05, 0.1) is 4.88 Å². The van der Waals surface area contributed by atoms with Gasteiger partial charge in [-0.05, 0) is 37.9 Å². The van der Waals surface area contributed by atoms with E-state index in [9.17, 15) is 4.79 Å². The van der Waals surface area contributed by atoms with Gasteiger partial charge in [-0.2, -0.15) is 0 Å². The van der Waals surface area contributed by atoms with Crippen molar-refractivity contribution >= 4 is 17.2 Å². The van der Waals surface area contributed by atoms with Crippen LogP contribution in [0.2, 0.25) is 0 Å². The summed E-state index contributed by atoms with van der Waals surface area (Å²) < 4.78 is 0. The molecule has 1 fully saturated rings. The Bertz CT molecular complexity index is 367. The number of nitrogens with one attached hydrogen (secondary N) is 2. The topological polar surface area (TPSA) is 41.1 Å². The lowest BCUT2D eigenvalue weighted by atomic mass is 10.1. The Morgan fingerprint density at radius 2 is 2.41 bits per heavy atom. The number of carbonyl (C=O) groups excluding carboxylic acids is 1. The van der Waals surface area contributed by atoms with Gasteiger partial charge in [-0.15, -0.1) is 11.3 Å². The number of hydrogen-bond donors (Lipinski definition) is 2. The minimum atomic E-state index is 0.0865. The molecule has 1 aliphatic rings. The molecular formula is C13H20N2OS. The minimum Gasteiger partial charge on any atom is -0.347 e. The molecule has 0 radical (unpaired) electrons. The predicted octanol–water partition coefficient (Wildman–Crippen LogP) is 2.18. The molecule has 1 saturated heterocycles. The molecule has 1 aromatic rings. The largest absolute Gasteiger partial charge is 0.347 e. The highest BCUT2D eigenvalue weighted by molar-refractivity contribution is 7.14. The van der Waals surface area contributed by atoms with Crippen LogP contribution in [-0.4, -0.2) is 25.0 Å². The van der Waals surface area contributed by atoms with Gasteiger partial charge in [0.1, 0.15) is 0 Å². The van der Waals surface area contributed by atoms with Crippen LogP contribution >= 0.6 is 11.3 Å². The van der Waals surface area contributed by atoms with Crippen molar-refractivity contribution in [3.63, 3.8) is 0 Å². The van der Waals surface area contributed by atoms with Crippen molar-refractivity contribution < 1.29 is 4.79 Å². The van der Waals surface area contributed by atoms with Crippen LogP contribution in [0.1, 0.15) is 40.7 Å². The van der Waals surface area contributed by atoms with Gasteiger partial charge >= 0.3 is 0 Å². The number of aryl methyl sites for hydroxylation is 1. The van der Waals surface area contributed by atoms with Gasteiger partial charge in [0.2, 0.25) is 0 Å². The molecule has 3 nitrogen and oxygen atoms in total. The summed E-state index contributed by atoms with van der Waals surface area (Å²) in [7, 11) is 0. The lowest BCUT2D eigenvalue weighted by Gasteiger charge is -2.15. The summed E-state index contributed by atoms with van der Waals surface area (Å²) in [5.74, 6) is 0.0865. The fraction of sp³-hybridized carbons (Fsp3) is 0.615. The second kappa shape index (κ2) is 6.17. The smallest absolute Gasteiger partial charge is 0.261 e. The summed E-state index contributed by atoms with van der Waals surface area (Å²) in [5, 5.41) is 6.48. The molecule has 0 aromatic carbocycles. The van der Waals surface area contributed by atoms with Crippen LogP contribution in [0.25, 0.3) is 0 Å². The number of rotatable bonds is 3. The Morgan fingerprint density at radius 3 is 3.18 bits per heavy atom. The Hall–Kier alpha value is -0.870. The van der Waals surface area contributed by atoms with Crippen LogP contribution in [0, 0.1) is 0 Å². The third-order valence-electron chi connectivity index (χ3n) is 3.12. The van der Waals surface area contributed by atoms with E-state index in [4.69, 9.17) is 0 Å². The van der Waals surface area contributed by atoms with Gasteiger partial charge < -0.3 is 10.6 Å². The molecule has 0 aliphatic carbocycles. The third-order valence-corrected chi connectivity index (χ3v) is 4.34. The lowest BCUT2D eigenvalue weighted by molar-refractivity contribution is 0.0939. The maximum absolute atomic E-state index is 12.0. The van der Waals surface area contributed by atoms with E-state index in [0.717, 1.165) is 30.8 Å². The highest BCUT2D eigenvalue weighted by Crippen LogP contribution is 2.17. The fourth-order valence-corrected chi connectivity index (χ4v) is 2.94. The average molecular weight is 252 g/mol. The van der Waals surface area contributed by atoms with Gasteiger partial charge in [-0.1, -0.05) is 13.3 Å². The van der Waals surface area contributed by atoms with Crippen molar-refractivity contribution in [3.8, 4) is 0 Å². The second-order valence-corrected chi connectivity index (χ2v) is 5.66. The first-order chi connectivity index (χ1) is 8.29.